The summed E-state index contributed by atoms with van der Waals surface area (Å²) in [5, 5.41) is 0. The van der Waals surface area contributed by atoms with Gasteiger partial charge < -0.3 is 0 Å². The molecule has 1 rings (SSSR count). The fourth-order valence-corrected chi connectivity index (χ4v) is 1.83. The van der Waals surface area contributed by atoms with Crippen LogP contribution in [0.3, 0.4) is 0 Å². The first-order valence-corrected chi connectivity index (χ1v) is 6.44. The first-order chi connectivity index (χ1) is 8.15. The molecule has 1 aromatic carbocycles. The number of rotatable bonds is 7. The van der Waals surface area contributed by atoms with E-state index in [1.54, 1.807) is 6.92 Å². The van der Waals surface area contributed by atoms with Gasteiger partial charge in [-0.15, -0.1) is 0 Å². The molecule has 0 spiro atoms. The van der Waals surface area contributed by atoms with Crippen LogP contribution in [0.2, 0.25) is 0 Å². The molecular formula is C16H22O. The van der Waals surface area contributed by atoms with Gasteiger partial charge in [-0.2, -0.15) is 0 Å². The Bertz CT molecular complexity index is 373. The van der Waals surface area contributed by atoms with Gasteiger partial charge >= 0.3 is 0 Å². The first-order valence-electron chi connectivity index (χ1n) is 6.44. The van der Waals surface area contributed by atoms with E-state index in [-0.39, 0.29) is 5.78 Å². The lowest BCUT2D eigenvalue weighted by Gasteiger charge is -2.03. The Labute approximate surface area is 105 Å². The Morgan fingerprint density at radius 1 is 1.12 bits per heavy atom. The van der Waals surface area contributed by atoms with Gasteiger partial charge in [-0.25, -0.2) is 0 Å². The van der Waals surface area contributed by atoms with Crippen molar-refractivity contribution in [3.63, 3.8) is 0 Å². The average molecular weight is 230 g/mol. The Kier molecular flexibility index (Phi) is 5.68. The molecule has 0 fully saturated rings. The van der Waals surface area contributed by atoms with Gasteiger partial charge in [0.25, 0.3) is 0 Å². The van der Waals surface area contributed by atoms with Gasteiger partial charge in [0.05, 0.1) is 0 Å². The standard InChI is InChI=1S/C16H22O/c1-4-5-6-7-8-14-9-11-15(12-10-14)16(17)13(2)3/h9-12H,2,4-8H2,1,3H3. The van der Waals surface area contributed by atoms with Crippen molar-refractivity contribution >= 4 is 5.78 Å². The second kappa shape index (κ2) is 7.05. The first kappa shape index (κ1) is 13.7. The van der Waals surface area contributed by atoms with Gasteiger partial charge in [-0.05, 0) is 30.9 Å². The molecule has 0 bridgehead atoms. The molecule has 0 unspecified atom stereocenters. The van der Waals surface area contributed by atoms with Gasteiger partial charge in [0.15, 0.2) is 5.78 Å². The molecule has 1 aromatic rings. The van der Waals surface area contributed by atoms with Crippen LogP contribution in [0.15, 0.2) is 36.4 Å². The Morgan fingerprint density at radius 2 is 1.76 bits per heavy atom. The highest BCUT2D eigenvalue weighted by Crippen LogP contribution is 2.12. The molecule has 0 radical (unpaired) electrons. The maximum absolute atomic E-state index is 11.7. The van der Waals surface area contributed by atoms with Crippen molar-refractivity contribution in [1.29, 1.82) is 0 Å². The SMILES string of the molecule is C=C(C)C(=O)c1ccc(CCCCCC)cc1. The van der Waals surface area contributed by atoms with E-state index in [4.69, 9.17) is 0 Å². The van der Waals surface area contributed by atoms with Crippen molar-refractivity contribution in [3.05, 3.63) is 47.5 Å². The van der Waals surface area contributed by atoms with Gasteiger partial charge in [0.1, 0.15) is 0 Å². The molecule has 0 aromatic heterocycles. The smallest absolute Gasteiger partial charge is 0.188 e. The van der Waals surface area contributed by atoms with Crippen molar-refractivity contribution in [2.75, 3.05) is 0 Å². The molecule has 0 aliphatic heterocycles. The molecule has 0 atom stereocenters. The summed E-state index contributed by atoms with van der Waals surface area (Å²) in [5.41, 5.74) is 2.66. The number of carbonyl (C=O) groups is 1. The third-order valence-electron chi connectivity index (χ3n) is 2.92. The van der Waals surface area contributed by atoms with Crippen LogP contribution in [0.4, 0.5) is 0 Å². The lowest BCUT2D eigenvalue weighted by Crippen LogP contribution is -1.99. The summed E-state index contributed by atoms with van der Waals surface area (Å²) < 4.78 is 0. The second-order valence-corrected chi connectivity index (χ2v) is 4.62. The summed E-state index contributed by atoms with van der Waals surface area (Å²) >= 11 is 0. The zero-order chi connectivity index (χ0) is 12.7. The van der Waals surface area contributed by atoms with E-state index in [1.165, 1.54) is 31.2 Å². The number of carbonyl (C=O) groups excluding carboxylic acids is 1. The van der Waals surface area contributed by atoms with Gasteiger partial charge in [-0.1, -0.05) is 57.0 Å². The zero-order valence-corrected chi connectivity index (χ0v) is 11.0. The molecule has 1 heteroatoms. The molecule has 0 saturated carbocycles. The predicted octanol–water partition coefficient (Wildman–Crippen LogP) is 4.57. The van der Waals surface area contributed by atoms with Crippen molar-refractivity contribution < 1.29 is 4.79 Å². The summed E-state index contributed by atoms with van der Waals surface area (Å²) in [5.74, 6) is 0.0440. The zero-order valence-electron chi connectivity index (χ0n) is 11.0. The van der Waals surface area contributed by atoms with Crippen LogP contribution >= 0.6 is 0 Å². The highest BCUT2D eigenvalue weighted by atomic mass is 16.1. The van der Waals surface area contributed by atoms with Crippen LogP contribution in [0.5, 0.6) is 0 Å². The molecule has 0 N–H and O–H groups in total. The quantitative estimate of drug-likeness (QED) is 0.381. The highest BCUT2D eigenvalue weighted by molar-refractivity contribution is 6.07. The van der Waals surface area contributed by atoms with E-state index in [9.17, 15) is 4.79 Å². The summed E-state index contributed by atoms with van der Waals surface area (Å²) in [6.07, 6.45) is 6.23. The number of hydrogen-bond donors (Lipinski definition) is 0. The number of benzene rings is 1. The van der Waals surface area contributed by atoms with E-state index in [0.29, 0.717) is 5.57 Å². The third-order valence-corrected chi connectivity index (χ3v) is 2.92. The average Bonchev–Trinajstić information content (AvgIpc) is 2.34. The van der Waals surface area contributed by atoms with E-state index in [2.05, 4.69) is 25.6 Å². The van der Waals surface area contributed by atoms with Crippen molar-refractivity contribution in [3.8, 4) is 0 Å². The number of allylic oxidation sites excluding steroid dienone is 1. The van der Waals surface area contributed by atoms with Crippen molar-refractivity contribution in [1.82, 2.24) is 0 Å². The molecule has 92 valence electrons. The largest absolute Gasteiger partial charge is 0.289 e. The monoisotopic (exact) mass is 230 g/mol. The van der Waals surface area contributed by atoms with Crippen LogP contribution in [0.25, 0.3) is 0 Å². The van der Waals surface area contributed by atoms with E-state index < -0.39 is 0 Å². The number of Topliss-reactive ketones (excluding diaryl/α,β-unsaturated/α-hetero) is 1. The fraction of sp³-hybridized carbons (Fsp3) is 0.438. The summed E-state index contributed by atoms with van der Waals surface area (Å²) in [6, 6.07) is 7.93. The molecule has 1 nitrogen and oxygen atoms in total. The van der Waals surface area contributed by atoms with E-state index in [1.807, 2.05) is 12.1 Å². The van der Waals surface area contributed by atoms with Gasteiger partial charge in [-0.3, -0.25) is 4.79 Å². The molecule has 17 heavy (non-hydrogen) atoms. The van der Waals surface area contributed by atoms with Crippen LogP contribution in [0, 0.1) is 0 Å². The molecule has 0 amide bonds. The summed E-state index contributed by atoms with van der Waals surface area (Å²) in [6.45, 7) is 7.65. The van der Waals surface area contributed by atoms with Gasteiger partial charge in [0.2, 0.25) is 0 Å². The summed E-state index contributed by atoms with van der Waals surface area (Å²) in [7, 11) is 0. The molecule has 0 aliphatic rings. The minimum Gasteiger partial charge on any atom is -0.289 e. The molecular weight excluding hydrogens is 208 g/mol. The third kappa shape index (κ3) is 4.56. The number of hydrogen-bond acceptors (Lipinski definition) is 1. The minimum atomic E-state index is 0.0440. The van der Waals surface area contributed by atoms with Crippen LogP contribution in [-0.4, -0.2) is 5.78 Å². The Hall–Kier alpha value is -1.37. The van der Waals surface area contributed by atoms with Gasteiger partial charge in [0, 0.05) is 5.56 Å². The predicted molar refractivity (Wildman–Crippen MR) is 73.4 cm³/mol. The highest BCUT2D eigenvalue weighted by Gasteiger charge is 2.05. The maximum Gasteiger partial charge on any atom is 0.188 e. The van der Waals surface area contributed by atoms with E-state index in [0.717, 1.165) is 12.0 Å². The second-order valence-electron chi connectivity index (χ2n) is 4.62. The topological polar surface area (TPSA) is 17.1 Å². The number of ketones is 1. The molecule has 0 aliphatic carbocycles. The Morgan fingerprint density at radius 3 is 2.29 bits per heavy atom. The fourth-order valence-electron chi connectivity index (χ4n) is 1.83. The maximum atomic E-state index is 11.7. The normalized spacial score (nSPS) is 10.2. The van der Waals surface area contributed by atoms with Crippen molar-refractivity contribution in [2.45, 2.75) is 46.0 Å². The minimum absolute atomic E-state index is 0.0440. The lowest BCUT2D eigenvalue weighted by atomic mass is 10.0. The number of unbranched alkanes of at least 4 members (excludes halogenated alkanes) is 3. The van der Waals surface area contributed by atoms with Crippen LogP contribution in [0.1, 0.15) is 55.5 Å². The number of aryl methyl sites for hydroxylation is 1. The molecule has 0 saturated heterocycles. The Balaban J connectivity index is 2.50. The van der Waals surface area contributed by atoms with Crippen LogP contribution in [-0.2, 0) is 6.42 Å². The summed E-state index contributed by atoms with van der Waals surface area (Å²) in [4.78, 5) is 11.7. The van der Waals surface area contributed by atoms with Crippen LogP contribution < -0.4 is 0 Å². The molecule has 0 heterocycles. The van der Waals surface area contributed by atoms with Crippen molar-refractivity contribution in [2.24, 2.45) is 0 Å². The lowest BCUT2D eigenvalue weighted by molar-refractivity contribution is 0.103. The van der Waals surface area contributed by atoms with E-state index >= 15 is 0 Å².